The van der Waals surface area contributed by atoms with Gasteiger partial charge < -0.3 is 33.2 Å². The maximum Gasteiger partial charge on any atom is 0.254 e. The van der Waals surface area contributed by atoms with Crippen LogP contribution in [0.1, 0.15) is 35.0 Å². The van der Waals surface area contributed by atoms with Gasteiger partial charge in [0.1, 0.15) is 12.3 Å². The summed E-state index contributed by atoms with van der Waals surface area (Å²) in [5.41, 5.74) is 1.34. The summed E-state index contributed by atoms with van der Waals surface area (Å²) in [6.07, 6.45) is 2.29. The number of benzene rings is 2. The molecule has 3 aromatic rings. The number of carbonyl (C=O) groups excluding carboxylic acids is 2. The summed E-state index contributed by atoms with van der Waals surface area (Å²) >= 11 is 0. The average Bonchev–Trinajstić information content (AvgIpc) is 3.64. The van der Waals surface area contributed by atoms with Gasteiger partial charge in [0.15, 0.2) is 23.0 Å². The molecular weight excluding hydrogens is 452 g/mol. The topological polar surface area (TPSA) is 90.7 Å². The molecule has 2 amide bonds. The SMILES string of the molecule is CCCN(CC(=O)N(Cc1ccc2c(c1)OCO2)Cc1ccco1)C(=O)c1ccc2c(c1)OCO2. The smallest absolute Gasteiger partial charge is 0.254 e. The van der Waals surface area contributed by atoms with Crippen molar-refractivity contribution < 1.29 is 33.0 Å². The first kappa shape index (κ1) is 22.6. The summed E-state index contributed by atoms with van der Waals surface area (Å²) in [5, 5.41) is 0. The van der Waals surface area contributed by atoms with Crippen molar-refractivity contribution in [3.8, 4) is 23.0 Å². The van der Waals surface area contributed by atoms with Crippen LogP contribution in [0.5, 0.6) is 23.0 Å². The molecule has 9 nitrogen and oxygen atoms in total. The number of ether oxygens (including phenoxy) is 4. The lowest BCUT2D eigenvalue weighted by atomic mass is 10.1. The zero-order valence-corrected chi connectivity index (χ0v) is 19.4. The van der Waals surface area contributed by atoms with E-state index in [0.29, 0.717) is 53.8 Å². The van der Waals surface area contributed by atoms with Crippen LogP contribution in [0, 0.1) is 0 Å². The molecule has 35 heavy (non-hydrogen) atoms. The first-order valence-corrected chi connectivity index (χ1v) is 11.5. The molecule has 182 valence electrons. The second-order valence-electron chi connectivity index (χ2n) is 8.31. The summed E-state index contributed by atoms with van der Waals surface area (Å²) in [5.74, 6) is 2.69. The zero-order valence-electron chi connectivity index (χ0n) is 19.4. The monoisotopic (exact) mass is 478 g/mol. The van der Waals surface area contributed by atoms with E-state index >= 15 is 0 Å². The van der Waals surface area contributed by atoms with Gasteiger partial charge in [0, 0.05) is 18.7 Å². The molecule has 0 unspecified atom stereocenters. The summed E-state index contributed by atoms with van der Waals surface area (Å²) < 4.78 is 27.1. The van der Waals surface area contributed by atoms with Crippen molar-refractivity contribution in [1.29, 1.82) is 0 Å². The molecule has 0 fully saturated rings. The van der Waals surface area contributed by atoms with Crippen LogP contribution >= 0.6 is 0 Å². The molecule has 0 N–H and O–H groups in total. The van der Waals surface area contributed by atoms with Crippen molar-refractivity contribution in [3.63, 3.8) is 0 Å². The van der Waals surface area contributed by atoms with Gasteiger partial charge in [0.25, 0.3) is 5.91 Å². The third-order valence-electron chi connectivity index (χ3n) is 5.82. The normalized spacial score (nSPS) is 13.1. The minimum Gasteiger partial charge on any atom is -0.467 e. The molecule has 3 heterocycles. The third-order valence-corrected chi connectivity index (χ3v) is 5.82. The number of fused-ring (bicyclic) bond motifs is 2. The zero-order chi connectivity index (χ0) is 24.2. The molecule has 2 aliphatic heterocycles. The van der Waals surface area contributed by atoms with Crippen molar-refractivity contribution in [2.45, 2.75) is 26.4 Å². The van der Waals surface area contributed by atoms with Crippen LogP contribution in [0.2, 0.25) is 0 Å². The van der Waals surface area contributed by atoms with E-state index in [1.54, 1.807) is 40.3 Å². The largest absolute Gasteiger partial charge is 0.467 e. The first-order valence-electron chi connectivity index (χ1n) is 11.5. The van der Waals surface area contributed by atoms with Crippen molar-refractivity contribution in [2.75, 3.05) is 26.7 Å². The Hall–Kier alpha value is -4.14. The molecule has 5 rings (SSSR count). The maximum absolute atomic E-state index is 13.5. The van der Waals surface area contributed by atoms with Gasteiger partial charge in [-0.1, -0.05) is 13.0 Å². The number of hydrogen-bond donors (Lipinski definition) is 0. The lowest BCUT2D eigenvalue weighted by molar-refractivity contribution is -0.133. The highest BCUT2D eigenvalue weighted by Crippen LogP contribution is 2.34. The molecule has 0 atom stereocenters. The Balaban J connectivity index is 1.34. The van der Waals surface area contributed by atoms with E-state index < -0.39 is 0 Å². The Labute approximate surface area is 202 Å². The van der Waals surface area contributed by atoms with Crippen molar-refractivity contribution >= 4 is 11.8 Å². The van der Waals surface area contributed by atoms with E-state index in [4.69, 9.17) is 23.4 Å². The van der Waals surface area contributed by atoms with Crippen molar-refractivity contribution in [3.05, 3.63) is 71.7 Å². The van der Waals surface area contributed by atoms with Crippen LogP contribution in [-0.2, 0) is 17.9 Å². The molecule has 0 saturated carbocycles. The molecule has 9 heteroatoms. The van der Waals surface area contributed by atoms with E-state index in [-0.39, 0.29) is 38.5 Å². The van der Waals surface area contributed by atoms with Gasteiger partial charge >= 0.3 is 0 Å². The van der Waals surface area contributed by atoms with E-state index in [2.05, 4.69) is 0 Å². The van der Waals surface area contributed by atoms with Crippen LogP contribution in [0.15, 0.2) is 59.2 Å². The molecule has 2 aliphatic rings. The fraction of sp³-hybridized carbons (Fsp3) is 0.308. The third kappa shape index (κ3) is 5.03. The van der Waals surface area contributed by atoms with Crippen LogP contribution in [0.3, 0.4) is 0 Å². The minimum atomic E-state index is -0.237. The van der Waals surface area contributed by atoms with Crippen molar-refractivity contribution in [1.82, 2.24) is 9.80 Å². The fourth-order valence-corrected chi connectivity index (χ4v) is 4.08. The Bertz CT molecular complexity index is 1210. The number of nitrogens with zero attached hydrogens (tertiary/aromatic N) is 2. The summed E-state index contributed by atoms with van der Waals surface area (Å²) in [4.78, 5) is 30.0. The molecule has 0 spiro atoms. The first-order chi connectivity index (χ1) is 17.1. The second kappa shape index (κ2) is 10.0. The average molecular weight is 479 g/mol. The predicted molar refractivity (Wildman–Crippen MR) is 124 cm³/mol. The molecule has 2 aromatic carbocycles. The molecule has 0 radical (unpaired) electrons. The molecule has 0 aliphatic carbocycles. The highest BCUT2D eigenvalue weighted by atomic mass is 16.7. The predicted octanol–water partition coefficient (Wildman–Crippen LogP) is 3.82. The lowest BCUT2D eigenvalue weighted by Gasteiger charge is -2.27. The number of furan rings is 1. The standard InChI is InChI=1S/C26H26N2O7/c1-2-9-27(26(30)19-6-8-22-24(12-19)35-17-33-22)15-25(29)28(14-20-4-3-10-31-20)13-18-5-7-21-23(11-18)34-16-32-21/h3-8,10-12H,2,9,13-17H2,1H3. The highest BCUT2D eigenvalue weighted by Gasteiger charge is 2.25. The number of amides is 2. The Morgan fingerprint density at radius 1 is 0.829 bits per heavy atom. The molecular formula is C26H26N2O7. The van der Waals surface area contributed by atoms with Crippen LogP contribution in [0.25, 0.3) is 0 Å². The van der Waals surface area contributed by atoms with E-state index in [1.165, 1.54) is 0 Å². The second-order valence-corrected chi connectivity index (χ2v) is 8.31. The Kier molecular flexibility index (Phi) is 6.47. The van der Waals surface area contributed by atoms with Gasteiger partial charge in [-0.25, -0.2) is 0 Å². The fourth-order valence-electron chi connectivity index (χ4n) is 4.08. The van der Waals surface area contributed by atoms with Gasteiger partial charge in [0.05, 0.1) is 12.8 Å². The maximum atomic E-state index is 13.5. The number of hydrogen-bond acceptors (Lipinski definition) is 7. The number of rotatable bonds is 9. The van der Waals surface area contributed by atoms with E-state index in [0.717, 1.165) is 5.56 Å². The molecule has 0 saturated heterocycles. The summed E-state index contributed by atoms with van der Waals surface area (Å²) in [6.45, 7) is 3.27. The molecule has 1 aromatic heterocycles. The van der Waals surface area contributed by atoms with Crippen LogP contribution in [-0.4, -0.2) is 48.3 Å². The minimum absolute atomic E-state index is 0.0631. The van der Waals surface area contributed by atoms with Gasteiger partial charge in [0.2, 0.25) is 19.5 Å². The van der Waals surface area contributed by atoms with E-state index in [1.807, 2.05) is 31.2 Å². The van der Waals surface area contributed by atoms with Gasteiger partial charge in [-0.15, -0.1) is 0 Å². The number of carbonyl (C=O) groups is 2. The Morgan fingerprint density at radius 2 is 1.54 bits per heavy atom. The van der Waals surface area contributed by atoms with Gasteiger partial charge in [-0.2, -0.15) is 0 Å². The van der Waals surface area contributed by atoms with Gasteiger partial charge in [-0.05, 0) is 54.4 Å². The lowest BCUT2D eigenvalue weighted by Crippen LogP contribution is -2.42. The van der Waals surface area contributed by atoms with Crippen molar-refractivity contribution in [2.24, 2.45) is 0 Å². The summed E-state index contributed by atoms with van der Waals surface area (Å²) in [6, 6.07) is 14.3. The Morgan fingerprint density at radius 3 is 2.26 bits per heavy atom. The van der Waals surface area contributed by atoms with Gasteiger partial charge in [-0.3, -0.25) is 9.59 Å². The van der Waals surface area contributed by atoms with E-state index in [9.17, 15) is 9.59 Å². The molecule has 0 bridgehead atoms. The van der Waals surface area contributed by atoms with Crippen LogP contribution in [0.4, 0.5) is 0 Å². The highest BCUT2D eigenvalue weighted by molar-refractivity contribution is 5.97. The van der Waals surface area contributed by atoms with Crippen LogP contribution < -0.4 is 18.9 Å². The summed E-state index contributed by atoms with van der Waals surface area (Å²) in [7, 11) is 0. The quantitative estimate of drug-likeness (QED) is 0.462.